The summed E-state index contributed by atoms with van der Waals surface area (Å²) >= 11 is 3.55. The van der Waals surface area contributed by atoms with Gasteiger partial charge in [-0.05, 0) is 93.1 Å². The van der Waals surface area contributed by atoms with Gasteiger partial charge >= 0.3 is 6.03 Å². The molecule has 4 aromatic rings. The van der Waals surface area contributed by atoms with Crippen molar-refractivity contribution >= 4 is 56.3 Å². The van der Waals surface area contributed by atoms with Gasteiger partial charge in [-0.25, -0.2) is 9.69 Å². The lowest BCUT2D eigenvalue weighted by atomic mass is 10.0. The largest absolute Gasteiger partial charge is 0.493 e. The SMILES string of the molecule is COc1cc(C=C2C(=O)NC(=O)N(c3ccc(C)c(C)c3)C2=O)cc(Br)c1OCc1cccc2ccccc12. The molecule has 39 heavy (non-hydrogen) atoms. The molecule has 0 saturated carbocycles. The summed E-state index contributed by atoms with van der Waals surface area (Å²) in [5, 5.41) is 4.48. The minimum Gasteiger partial charge on any atom is -0.493 e. The van der Waals surface area contributed by atoms with Crippen molar-refractivity contribution in [3.05, 3.63) is 105 Å². The highest BCUT2D eigenvalue weighted by molar-refractivity contribution is 9.10. The van der Waals surface area contributed by atoms with Gasteiger partial charge in [0.05, 0.1) is 17.3 Å². The molecule has 196 valence electrons. The first kappa shape index (κ1) is 26.2. The van der Waals surface area contributed by atoms with Gasteiger partial charge in [-0.15, -0.1) is 0 Å². The standard InChI is InChI=1S/C31H25BrN2O5/c1-18-11-12-23(13-19(18)2)34-30(36)25(29(35)33-31(34)37)14-20-15-26(32)28(27(16-20)38-3)39-17-22-9-6-8-21-7-4-5-10-24(21)22/h4-16H,17H2,1-3H3,(H,33,35,37). The van der Waals surface area contributed by atoms with E-state index in [2.05, 4.69) is 33.4 Å². The van der Waals surface area contributed by atoms with Crippen molar-refractivity contribution in [2.75, 3.05) is 12.0 Å². The van der Waals surface area contributed by atoms with Crippen LogP contribution in [-0.2, 0) is 16.2 Å². The predicted molar refractivity (Wildman–Crippen MR) is 154 cm³/mol. The number of halogens is 1. The fraction of sp³-hybridized carbons (Fsp3) is 0.129. The first-order chi connectivity index (χ1) is 18.8. The highest BCUT2D eigenvalue weighted by atomic mass is 79.9. The van der Waals surface area contributed by atoms with Gasteiger partial charge in [-0.1, -0.05) is 48.5 Å². The summed E-state index contributed by atoms with van der Waals surface area (Å²) in [5.41, 5.74) is 3.69. The number of barbiturate groups is 1. The maximum Gasteiger partial charge on any atom is 0.335 e. The number of amides is 4. The van der Waals surface area contributed by atoms with Crippen molar-refractivity contribution in [3.8, 4) is 11.5 Å². The number of ether oxygens (including phenoxy) is 2. The Morgan fingerprint density at radius 2 is 1.69 bits per heavy atom. The van der Waals surface area contributed by atoms with Crippen LogP contribution in [0, 0.1) is 13.8 Å². The highest BCUT2D eigenvalue weighted by Crippen LogP contribution is 2.38. The molecule has 1 fully saturated rings. The van der Waals surface area contributed by atoms with Crippen LogP contribution < -0.4 is 19.7 Å². The molecule has 4 amide bonds. The van der Waals surface area contributed by atoms with Gasteiger partial charge in [0.25, 0.3) is 11.8 Å². The first-order valence-electron chi connectivity index (χ1n) is 12.2. The Morgan fingerprint density at radius 3 is 2.46 bits per heavy atom. The van der Waals surface area contributed by atoms with E-state index >= 15 is 0 Å². The summed E-state index contributed by atoms with van der Waals surface area (Å²) in [4.78, 5) is 39.6. The molecule has 1 saturated heterocycles. The zero-order valence-corrected chi connectivity index (χ0v) is 23.2. The molecule has 0 unspecified atom stereocenters. The van der Waals surface area contributed by atoms with Crippen LogP contribution in [0.5, 0.6) is 11.5 Å². The number of benzene rings is 4. The van der Waals surface area contributed by atoms with E-state index in [0.29, 0.717) is 33.8 Å². The Hall–Kier alpha value is -4.43. The van der Waals surface area contributed by atoms with Crippen LogP contribution in [0.1, 0.15) is 22.3 Å². The predicted octanol–water partition coefficient (Wildman–Crippen LogP) is 6.47. The summed E-state index contributed by atoms with van der Waals surface area (Å²) < 4.78 is 12.3. The van der Waals surface area contributed by atoms with E-state index in [-0.39, 0.29) is 5.57 Å². The number of urea groups is 1. The lowest BCUT2D eigenvalue weighted by Gasteiger charge is -2.27. The van der Waals surface area contributed by atoms with Crippen LogP contribution in [-0.4, -0.2) is 25.0 Å². The Bertz CT molecular complexity index is 1670. The summed E-state index contributed by atoms with van der Waals surface area (Å²) in [7, 11) is 1.52. The molecule has 1 aliphatic rings. The smallest absolute Gasteiger partial charge is 0.335 e. The van der Waals surface area contributed by atoms with Crippen molar-refractivity contribution in [1.82, 2.24) is 5.32 Å². The van der Waals surface area contributed by atoms with Gasteiger partial charge in [-0.2, -0.15) is 0 Å². The second-order valence-corrected chi connectivity index (χ2v) is 10.0. The van der Waals surface area contributed by atoms with E-state index in [9.17, 15) is 14.4 Å². The van der Waals surface area contributed by atoms with Crippen molar-refractivity contribution in [1.29, 1.82) is 0 Å². The number of fused-ring (bicyclic) bond motifs is 1. The van der Waals surface area contributed by atoms with E-state index in [1.807, 2.05) is 50.2 Å². The molecule has 5 rings (SSSR count). The summed E-state index contributed by atoms with van der Waals surface area (Å²) in [6.45, 7) is 4.14. The third-order valence-corrected chi connectivity index (χ3v) is 7.25. The third-order valence-electron chi connectivity index (χ3n) is 6.67. The Morgan fingerprint density at radius 1 is 0.923 bits per heavy atom. The second kappa shape index (κ2) is 10.7. The number of hydrogen-bond acceptors (Lipinski definition) is 5. The monoisotopic (exact) mass is 584 g/mol. The number of rotatable bonds is 6. The van der Waals surface area contributed by atoms with Gasteiger partial charge in [0.15, 0.2) is 11.5 Å². The Labute approximate surface area is 234 Å². The molecule has 0 bridgehead atoms. The normalized spacial score (nSPS) is 14.6. The number of anilines is 1. The van der Waals surface area contributed by atoms with E-state index in [0.717, 1.165) is 32.4 Å². The van der Waals surface area contributed by atoms with Gasteiger partial charge in [-0.3, -0.25) is 14.9 Å². The van der Waals surface area contributed by atoms with Gasteiger partial charge < -0.3 is 9.47 Å². The van der Waals surface area contributed by atoms with Crippen LogP contribution in [0.25, 0.3) is 16.8 Å². The zero-order valence-electron chi connectivity index (χ0n) is 21.6. The van der Waals surface area contributed by atoms with Gasteiger partial charge in [0.1, 0.15) is 12.2 Å². The molecular formula is C31H25BrN2O5. The van der Waals surface area contributed by atoms with Crippen LogP contribution in [0.15, 0.2) is 82.8 Å². The van der Waals surface area contributed by atoms with E-state index in [1.54, 1.807) is 24.3 Å². The van der Waals surface area contributed by atoms with Crippen molar-refractivity contribution in [3.63, 3.8) is 0 Å². The lowest BCUT2D eigenvalue weighted by Crippen LogP contribution is -2.54. The molecule has 0 aliphatic carbocycles. The van der Waals surface area contributed by atoms with Gasteiger partial charge in [0, 0.05) is 0 Å². The molecule has 0 spiro atoms. The molecule has 1 aliphatic heterocycles. The maximum absolute atomic E-state index is 13.3. The number of carbonyl (C=O) groups is 3. The van der Waals surface area contributed by atoms with E-state index < -0.39 is 17.8 Å². The molecule has 1 N–H and O–H groups in total. The second-order valence-electron chi connectivity index (χ2n) is 9.19. The number of methoxy groups -OCH3 is 1. The van der Waals surface area contributed by atoms with E-state index in [4.69, 9.17) is 9.47 Å². The highest BCUT2D eigenvalue weighted by Gasteiger charge is 2.37. The zero-order chi connectivity index (χ0) is 27.7. The van der Waals surface area contributed by atoms with Crippen LogP contribution in [0.4, 0.5) is 10.5 Å². The maximum atomic E-state index is 13.3. The number of aryl methyl sites for hydroxylation is 2. The van der Waals surface area contributed by atoms with Crippen molar-refractivity contribution in [2.24, 2.45) is 0 Å². The average molecular weight is 585 g/mol. The summed E-state index contributed by atoms with van der Waals surface area (Å²) in [6.07, 6.45) is 1.43. The minimum atomic E-state index is -0.790. The minimum absolute atomic E-state index is 0.175. The van der Waals surface area contributed by atoms with Crippen LogP contribution >= 0.6 is 15.9 Å². The van der Waals surface area contributed by atoms with E-state index in [1.165, 1.54) is 13.2 Å². The fourth-order valence-electron chi connectivity index (χ4n) is 4.45. The molecule has 7 nitrogen and oxygen atoms in total. The molecule has 0 atom stereocenters. The fourth-order valence-corrected chi connectivity index (χ4v) is 5.03. The Balaban J connectivity index is 1.45. The topological polar surface area (TPSA) is 84.9 Å². The number of imide groups is 2. The number of hydrogen-bond donors (Lipinski definition) is 1. The van der Waals surface area contributed by atoms with Gasteiger partial charge in [0.2, 0.25) is 0 Å². The van der Waals surface area contributed by atoms with Crippen molar-refractivity contribution < 1.29 is 23.9 Å². The van der Waals surface area contributed by atoms with Crippen LogP contribution in [0.2, 0.25) is 0 Å². The summed E-state index contributed by atoms with van der Waals surface area (Å²) in [5.74, 6) is -0.573. The molecular weight excluding hydrogens is 560 g/mol. The Kier molecular flexibility index (Phi) is 7.21. The average Bonchev–Trinajstić information content (AvgIpc) is 2.92. The number of carbonyl (C=O) groups excluding carboxylic acids is 3. The van der Waals surface area contributed by atoms with Crippen molar-refractivity contribution in [2.45, 2.75) is 20.5 Å². The number of nitrogens with one attached hydrogen (secondary N) is 1. The van der Waals surface area contributed by atoms with Crippen LogP contribution in [0.3, 0.4) is 0 Å². The number of nitrogens with zero attached hydrogens (tertiary/aromatic N) is 1. The molecule has 0 aromatic heterocycles. The quantitative estimate of drug-likeness (QED) is 0.207. The summed E-state index contributed by atoms with van der Waals surface area (Å²) in [6, 6.07) is 22.0. The lowest BCUT2D eigenvalue weighted by molar-refractivity contribution is -0.122. The molecule has 4 aromatic carbocycles. The first-order valence-corrected chi connectivity index (χ1v) is 13.0. The molecule has 8 heteroatoms. The third kappa shape index (κ3) is 5.15. The molecule has 0 radical (unpaired) electrons. The molecule has 1 heterocycles.